The van der Waals surface area contributed by atoms with Crippen LogP contribution >= 0.6 is 11.6 Å². The van der Waals surface area contributed by atoms with Crippen LogP contribution in [0.25, 0.3) is 0 Å². The van der Waals surface area contributed by atoms with Crippen molar-refractivity contribution in [3.63, 3.8) is 0 Å². The van der Waals surface area contributed by atoms with Crippen LogP contribution in [-0.4, -0.2) is 29.0 Å². The van der Waals surface area contributed by atoms with Crippen molar-refractivity contribution in [2.45, 2.75) is 32.4 Å². The van der Waals surface area contributed by atoms with E-state index < -0.39 is 0 Å². The molecule has 1 aromatic heterocycles. The fourth-order valence-corrected chi connectivity index (χ4v) is 2.01. The Morgan fingerprint density at radius 2 is 2.53 bits per heavy atom. The van der Waals surface area contributed by atoms with Gasteiger partial charge < -0.3 is 10.1 Å². The van der Waals surface area contributed by atoms with E-state index in [9.17, 15) is 4.79 Å². The topological polar surface area (TPSA) is 56.1 Å². The zero-order chi connectivity index (χ0) is 12.3. The van der Waals surface area contributed by atoms with Crippen LogP contribution < -0.4 is 10.9 Å². The van der Waals surface area contributed by atoms with Crippen molar-refractivity contribution in [1.29, 1.82) is 0 Å². The van der Waals surface area contributed by atoms with Crippen LogP contribution in [0.5, 0.6) is 0 Å². The highest BCUT2D eigenvalue weighted by Crippen LogP contribution is 2.19. The van der Waals surface area contributed by atoms with Gasteiger partial charge in [0.1, 0.15) is 5.02 Å². The van der Waals surface area contributed by atoms with E-state index in [0.29, 0.717) is 18.8 Å². The van der Waals surface area contributed by atoms with Gasteiger partial charge in [-0.1, -0.05) is 18.5 Å². The number of nitrogens with one attached hydrogen (secondary N) is 1. The average Bonchev–Trinajstić information content (AvgIpc) is 2.82. The third kappa shape index (κ3) is 2.79. The third-order valence-corrected chi connectivity index (χ3v) is 3.07. The molecule has 17 heavy (non-hydrogen) atoms. The van der Waals surface area contributed by atoms with Crippen LogP contribution in [0.15, 0.2) is 11.0 Å². The normalized spacial score (nSPS) is 19.5. The van der Waals surface area contributed by atoms with Gasteiger partial charge in [0.05, 0.1) is 24.5 Å². The summed E-state index contributed by atoms with van der Waals surface area (Å²) >= 11 is 6.04. The molecule has 2 heterocycles. The monoisotopic (exact) mass is 257 g/mol. The lowest BCUT2D eigenvalue weighted by Crippen LogP contribution is -2.26. The van der Waals surface area contributed by atoms with Crippen LogP contribution in [0.1, 0.15) is 19.8 Å². The van der Waals surface area contributed by atoms with Crippen LogP contribution in [0, 0.1) is 0 Å². The third-order valence-electron chi connectivity index (χ3n) is 2.71. The Morgan fingerprint density at radius 1 is 1.71 bits per heavy atom. The number of aromatic nitrogens is 2. The highest BCUT2D eigenvalue weighted by atomic mass is 35.5. The van der Waals surface area contributed by atoms with Crippen molar-refractivity contribution >= 4 is 17.3 Å². The molecule has 0 spiro atoms. The second-order valence-corrected chi connectivity index (χ2v) is 4.48. The van der Waals surface area contributed by atoms with E-state index in [2.05, 4.69) is 10.4 Å². The van der Waals surface area contributed by atoms with E-state index in [1.54, 1.807) is 6.20 Å². The van der Waals surface area contributed by atoms with Crippen molar-refractivity contribution in [3.8, 4) is 0 Å². The predicted octanol–water partition coefficient (Wildman–Crippen LogP) is 1.51. The van der Waals surface area contributed by atoms with Gasteiger partial charge in [-0.15, -0.1) is 0 Å². The van der Waals surface area contributed by atoms with E-state index in [1.807, 2.05) is 6.92 Å². The minimum atomic E-state index is -0.238. The Kier molecular flexibility index (Phi) is 4.02. The molecule has 6 heteroatoms. The maximum absolute atomic E-state index is 11.9. The lowest BCUT2D eigenvalue weighted by atomic mass is 10.2. The van der Waals surface area contributed by atoms with Gasteiger partial charge in [0, 0.05) is 13.2 Å². The molecule has 1 aliphatic rings. The summed E-state index contributed by atoms with van der Waals surface area (Å²) < 4.78 is 6.64. The summed E-state index contributed by atoms with van der Waals surface area (Å²) in [5.74, 6) is 0. The SMILES string of the molecule is CCCn1ncc(NC2CCOC2)c(Cl)c1=O. The number of halogens is 1. The molecule has 1 fully saturated rings. The number of anilines is 1. The van der Waals surface area contributed by atoms with Gasteiger partial charge in [0.15, 0.2) is 0 Å². The Balaban J connectivity index is 2.18. The molecule has 0 radical (unpaired) electrons. The van der Waals surface area contributed by atoms with Gasteiger partial charge in [0.25, 0.3) is 5.56 Å². The number of aryl methyl sites for hydroxylation is 1. The lowest BCUT2D eigenvalue weighted by molar-refractivity contribution is 0.195. The van der Waals surface area contributed by atoms with Crippen molar-refractivity contribution in [2.24, 2.45) is 0 Å². The second kappa shape index (κ2) is 5.51. The lowest BCUT2D eigenvalue weighted by Gasteiger charge is -2.13. The highest BCUT2D eigenvalue weighted by Gasteiger charge is 2.17. The smallest absolute Gasteiger partial charge is 0.287 e. The highest BCUT2D eigenvalue weighted by molar-refractivity contribution is 6.32. The molecule has 0 amide bonds. The zero-order valence-electron chi connectivity index (χ0n) is 9.78. The molecule has 0 saturated carbocycles. The maximum Gasteiger partial charge on any atom is 0.287 e. The first kappa shape index (κ1) is 12.4. The van der Waals surface area contributed by atoms with Crippen molar-refractivity contribution < 1.29 is 4.74 Å². The van der Waals surface area contributed by atoms with Crippen molar-refractivity contribution in [3.05, 3.63) is 21.6 Å². The van der Waals surface area contributed by atoms with E-state index in [4.69, 9.17) is 16.3 Å². The summed E-state index contributed by atoms with van der Waals surface area (Å²) in [4.78, 5) is 11.9. The number of ether oxygens (including phenoxy) is 1. The molecule has 1 saturated heterocycles. The molecule has 94 valence electrons. The van der Waals surface area contributed by atoms with Crippen molar-refractivity contribution in [1.82, 2.24) is 9.78 Å². The average molecular weight is 258 g/mol. The first-order valence-electron chi connectivity index (χ1n) is 5.82. The Labute approximate surface area is 105 Å². The number of rotatable bonds is 4. The summed E-state index contributed by atoms with van der Waals surface area (Å²) in [6.07, 6.45) is 3.39. The molecule has 0 aromatic carbocycles. The van der Waals surface area contributed by atoms with Crippen LogP contribution in [0.4, 0.5) is 5.69 Å². The Hall–Kier alpha value is -1.07. The van der Waals surface area contributed by atoms with E-state index in [0.717, 1.165) is 19.4 Å². The Morgan fingerprint density at radius 3 is 3.18 bits per heavy atom. The summed E-state index contributed by atoms with van der Waals surface area (Å²) in [5.41, 5.74) is 0.358. The summed E-state index contributed by atoms with van der Waals surface area (Å²) in [6.45, 7) is 3.97. The fraction of sp³-hybridized carbons (Fsp3) is 0.636. The van der Waals surface area contributed by atoms with Gasteiger partial charge in [-0.2, -0.15) is 5.10 Å². The summed E-state index contributed by atoms with van der Waals surface area (Å²) in [7, 11) is 0. The van der Waals surface area contributed by atoms with Crippen LogP contribution in [0.2, 0.25) is 5.02 Å². The van der Waals surface area contributed by atoms with Gasteiger partial charge in [-0.3, -0.25) is 4.79 Å². The summed E-state index contributed by atoms with van der Waals surface area (Å²) in [6, 6.07) is 0.218. The van der Waals surface area contributed by atoms with Gasteiger partial charge in [-0.05, 0) is 12.8 Å². The first-order valence-corrected chi connectivity index (χ1v) is 6.20. The molecular formula is C11H16ClN3O2. The first-order chi connectivity index (χ1) is 8.22. The standard InChI is InChI=1S/C11H16ClN3O2/c1-2-4-15-11(16)10(12)9(6-13-15)14-8-3-5-17-7-8/h6,8,14H,2-5,7H2,1H3. The molecule has 1 atom stereocenters. The largest absolute Gasteiger partial charge is 0.379 e. The van der Waals surface area contributed by atoms with Crippen molar-refractivity contribution in [2.75, 3.05) is 18.5 Å². The fourth-order valence-electron chi connectivity index (χ4n) is 1.81. The summed E-state index contributed by atoms with van der Waals surface area (Å²) in [5, 5.41) is 7.48. The number of nitrogens with zero attached hydrogens (tertiary/aromatic N) is 2. The maximum atomic E-state index is 11.9. The second-order valence-electron chi connectivity index (χ2n) is 4.11. The quantitative estimate of drug-likeness (QED) is 0.888. The molecule has 0 bridgehead atoms. The van der Waals surface area contributed by atoms with Crippen LogP contribution in [-0.2, 0) is 11.3 Å². The molecule has 0 aliphatic carbocycles. The van der Waals surface area contributed by atoms with Crippen LogP contribution in [0.3, 0.4) is 0 Å². The molecule has 1 aromatic rings. The molecule has 1 aliphatic heterocycles. The van der Waals surface area contributed by atoms with Gasteiger partial charge >= 0.3 is 0 Å². The molecule has 1 N–H and O–H groups in total. The van der Waals surface area contributed by atoms with E-state index in [-0.39, 0.29) is 16.6 Å². The van der Waals surface area contributed by atoms with Gasteiger partial charge in [0.2, 0.25) is 0 Å². The predicted molar refractivity (Wildman–Crippen MR) is 66.6 cm³/mol. The van der Waals surface area contributed by atoms with E-state index >= 15 is 0 Å². The molecule has 1 unspecified atom stereocenters. The van der Waals surface area contributed by atoms with Gasteiger partial charge in [-0.25, -0.2) is 4.68 Å². The molecule has 2 rings (SSSR count). The Bertz CT molecular complexity index is 441. The minimum absolute atomic E-state index is 0.209. The molecule has 5 nitrogen and oxygen atoms in total. The minimum Gasteiger partial charge on any atom is -0.379 e. The zero-order valence-corrected chi connectivity index (χ0v) is 10.5. The number of hydrogen-bond acceptors (Lipinski definition) is 4. The molecular weight excluding hydrogens is 242 g/mol. The van der Waals surface area contributed by atoms with E-state index in [1.165, 1.54) is 4.68 Å². The number of hydrogen-bond donors (Lipinski definition) is 1.